The third-order valence-electron chi connectivity index (χ3n) is 6.71. The standard InChI is InChI=1S/C22H38O5S/c1-28(26,27)18-19(23)21(14-15-21)12-10-8-6-4-2-3-5-7-9-11-13-22(16-17-22)20(24)25/h2-18H2,1H3,(H,24,25). The van der Waals surface area contributed by atoms with Crippen molar-refractivity contribution < 1.29 is 23.1 Å². The molecule has 2 aliphatic carbocycles. The van der Waals surface area contributed by atoms with Crippen LogP contribution in [-0.4, -0.2) is 37.3 Å². The Hall–Kier alpha value is -0.910. The van der Waals surface area contributed by atoms with Crippen LogP contribution in [0, 0.1) is 10.8 Å². The lowest BCUT2D eigenvalue weighted by molar-refractivity contribution is -0.143. The molecular formula is C22H38O5S. The molecule has 162 valence electrons. The van der Waals surface area contributed by atoms with Gasteiger partial charge in [-0.1, -0.05) is 64.2 Å². The monoisotopic (exact) mass is 414 g/mol. The predicted octanol–water partition coefficient (Wildman–Crippen LogP) is 4.93. The second-order valence-electron chi connectivity index (χ2n) is 9.39. The van der Waals surface area contributed by atoms with E-state index in [2.05, 4.69) is 0 Å². The quantitative estimate of drug-likeness (QED) is 0.341. The van der Waals surface area contributed by atoms with Crippen LogP contribution in [0.5, 0.6) is 0 Å². The summed E-state index contributed by atoms with van der Waals surface area (Å²) in [6, 6.07) is 0. The van der Waals surface area contributed by atoms with Gasteiger partial charge in [0.15, 0.2) is 15.6 Å². The first-order chi connectivity index (χ1) is 13.2. The average molecular weight is 415 g/mol. The number of hydrogen-bond donors (Lipinski definition) is 1. The molecule has 0 aromatic carbocycles. The van der Waals surface area contributed by atoms with Crippen molar-refractivity contribution in [3.8, 4) is 0 Å². The number of carbonyl (C=O) groups excluding carboxylic acids is 1. The normalized spacial score (nSPS) is 19.3. The lowest BCUT2D eigenvalue weighted by atomic mass is 9.94. The summed E-state index contributed by atoms with van der Waals surface area (Å²) in [5.74, 6) is -0.949. The van der Waals surface area contributed by atoms with E-state index >= 15 is 0 Å². The highest BCUT2D eigenvalue weighted by atomic mass is 32.2. The molecule has 0 heterocycles. The van der Waals surface area contributed by atoms with Crippen LogP contribution in [0.25, 0.3) is 0 Å². The fourth-order valence-corrected chi connectivity index (χ4v) is 5.06. The van der Waals surface area contributed by atoms with Gasteiger partial charge in [0, 0.05) is 11.7 Å². The van der Waals surface area contributed by atoms with E-state index < -0.39 is 15.8 Å². The van der Waals surface area contributed by atoms with Crippen LogP contribution in [0.2, 0.25) is 0 Å². The summed E-state index contributed by atoms with van der Waals surface area (Å²) in [4.78, 5) is 23.2. The van der Waals surface area contributed by atoms with Crippen LogP contribution in [0.15, 0.2) is 0 Å². The zero-order chi connectivity index (χ0) is 20.7. The molecule has 0 radical (unpaired) electrons. The number of carboxylic acids is 1. The number of ketones is 1. The Morgan fingerprint density at radius 2 is 1.07 bits per heavy atom. The Kier molecular flexibility index (Phi) is 8.53. The van der Waals surface area contributed by atoms with Gasteiger partial charge in [0.05, 0.1) is 5.41 Å². The van der Waals surface area contributed by atoms with Crippen molar-refractivity contribution in [2.75, 3.05) is 12.0 Å². The minimum absolute atomic E-state index is 0.0639. The van der Waals surface area contributed by atoms with E-state index in [0.29, 0.717) is 0 Å². The van der Waals surface area contributed by atoms with E-state index in [1.807, 2.05) is 0 Å². The summed E-state index contributed by atoms with van der Waals surface area (Å²) in [7, 11) is -3.20. The fourth-order valence-electron chi connectivity index (χ4n) is 4.27. The number of Topliss-reactive ketones (excluding diaryl/α,β-unsaturated/α-hetero) is 1. The molecule has 0 unspecified atom stereocenters. The molecule has 2 fully saturated rings. The van der Waals surface area contributed by atoms with Crippen molar-refractivity contribution in [3.05, 3.63) is 0 Å². The predicted molar refractivity (Wildman–Crippen MR) is 111 cm³/mol. The molecule has 0 bridgehead atoms. The van der Waals surface area contributed by atoms with Gasteiger partial charge in [0.25, 0.3) is 0 Å². The Morgan fingerprint density at radius 3 is 1.39 bits per heavy atom. The number of carbonyl (C=O) groups is 2. The van der Waals surface area contributed by atoms with Crippen LogP contribution in [0.3, 0.4) is 0 Å². The van der Waals surface area contributed by atoms with Crippen LogP contribution >= 0.6 is 0 Å². The second-order valence-corrected chi connectivity index (χ2v) is 11.5. The highest BCUT2D eigenvalue weighted by molar-refractivity contribution is 7.91. The van der Waals surface area contributed by atoms with E-state index in [-0.39, 0.29) is 22.4 Å². The van der Waals surface area contributed by atoms with Crippen molar-refractivity contribution in [3.63, 3.8) is 0 Å². The molecule has 0 aromatic heterocycles. The van der Waals surface area contributed by atoms with Gasteiger partial charge in [-0.05, 0) is 38.5 Å². The highest BCUT2D eigenvalue weighted by Crippen LogP contribution is 2.51. The van der Waals surface area contributed by atoms with E-state index in [9.17, 15) is 18.0 Å². The first kappa shape index (κ1) is 23.4. The Bertz CT molecular complexity index is 629. The number of carboxylic acid groups (broad SMARTS) is 1. The van der Waals surface area contributed by atoms with Gasteiger partial charge in [0.1, 0.15) is 5.75 Å². The molecule has 0 aliphatic heterocycles. The van der Waals surface area contributed by atoms with Crippen LogP contribution in [-0.2, 0) is 19.4 Å². The number of aliphatic carboxylic acids is 1. The van der Waals surface area contributed by atoms with Crippen molar-refractivity contribution in [2.45, 2.75) is 103 Å². The lowest BCUT2D eigenvalue weighted by Crippen LogP contribution is -2.24. The second kappa shape index (κ2) is 10.2. The van der Waals surface area contributed by atoms with E-state index in [4.69, 9.17) is 5.11 Å². The summed E-state index contributed by atoms with van der Waals surface area (Å²) in [5.41, 5.74) is -0.656. The maximum Gasteiger partial charge on any atom is 0.309 e. The summed E-state index contributed by atoms with van der Waals surface area (Å²) in [5, 5.41) is 9.14. The molecular weight excluding hydrogens is 376 g/mol. The molecule has 0 amide bonds. The summed E-state index contributed by atoms with van der Waals surface area (Å²) in [6.45, 7) is 0. The average Bonchev–Trinajstić information content (AvgIpc) is 3.50. The molecule has 6 heteroatoms. The minimum Gasteiger partial charge on any atom is -0.481 e. The van der Waals surface area contributed by atoms with Crippen LogP contribution < -0.4 is 0 Å². The Morgan fingerprint density at radius 1 is 0.714 bits per heavy atom. The SMILES string of the molecule is CS(=O)(=O)CC(=O)C1(CCCCCCCCCCCCC2(C(=O)O)CC2)CC1. The molecule has 0 saturated heterocycles. The number of sulfone groups is 1. The van der Waals surface area contributed by atoms with Crippen molar-refractivity contribution >= 4 is 21.6 Å². The largest absolute Gasteiger partial charge is 0.481 e. The maximum atomic E-state index is 12.1. The smallest absolute Gasteiger partial charge is 0.309 e. The molecule has 5 nitrogen and oxygen atoms in total. The third kappa shape index (κ3) is 7.84. The molecule has 28 heavy (non-hydrogen) atoms. The van der Waals surface area contributed by atoms with Crippen molar-refractivity contribution in [2.24, 2.45) is 10.8 Å². The van der Waals surface area contributed by atoms with Crippen molar-refractivity contribution in [1.82, 2.24) is 0 Å². The van der Waals surface area contributed by atoms with Gasteiger partial charge in [-0.2, -0.15) is 0 Å². The number of hydrogen-bond acceptors (Lipinski definition) is 4. The van der Waals surface area contributed by atoms with E-state index in [0.717, 1.165) is 70.5 Å². The van der Waals surface area contributed by atoms with Crippen molar-refractivity contribution in [1.29, 1.82) is 0 Å². The van der Waals surface area contributed by atoms with E-state index in [1.165, 1.54) is 38.5 Å². The van der Waals surface area contributed by atoms with Gasteiger partial charge in [-0.3, -0.25) is 9.59 Å². The molecule has 2 rings (SSSR count). The van der Waals surface area contributed by atoms with Gasteiger partial charge in [0.2, 0.25) is 0 Å². The van der Waals surface area contributed by atoms with Gasteiger partial charge < -0.3 is 5.11 Å². The van der Waals surface area contributed by atoms with Crippen LogP contribution in [0.4, 0.5) is 0 Å². The van der Waals surface area contributed by atoms with Crippen LogP contribution in [0.1, 0.15) is 103 Å². The topological polar surface area (TPSA) is 88.5 Å². The first-order valence-corrected chi connectivity index (χ1v) is 13.2. The number of unbranched alkanes of at least 4 members (excludes halogenated alkanes) is 9. The number of rotatable bonds is 17. The van der Waals surface area contributed by atoms with Gasteiger partial charge in [-0.15, -0.1) is 0 Å². The summed E-state index contributed by atoms with van der Waals surface area (Å²) >= 11 is 0. The molecule has 2 aliphatic rings. The minimum atomic E-state index is -3.20. The maximum absolute atomic E-state index is 12.1. The molecule has 2 saturated carbocycles. The molecule has 1 N–H and O–H groups in total. The lowest BCUT2D eigenvalue weighted by Gasteiger charge is -2.13. The van der Waals surface area contributed by atoms with Gasteiger partial charge >= 0.3 is 5.97 Å². The Labute approximate surface area is 170 Å². The molecule has 0 aromatic rings. The Balaban J connectivity index is 1.38. The zero-order valence-corrected chi connectivity index (χ0v) is 18.3. The summed E-state index contributed by atoms with van der Waals surface area (Å²) < 4.78 is 22.6. The zero-order valence-electron chi connectivity index (χ0n) is 17.5. The highest BCUT2D eigenvalue weighted by Gasteiger charge is 2.49. The molecule has 0 spiro atoms. The van der Waals surface area contributed by atoms with E-state index in [1.54, 1.807) is 0 Å². The first-order valence-electron chi connectivity index (χ1n) is 11.1. The fraction of sp³-hybridized carbons (Fsp3) is 0.909. The summed E-state index contributed by atoms with van der Waals surface area (Å²) in [6.07, 6.45) is 18.1. The third-order valence-corrected chi connectivity index (χ3v) is 7.49. The van der Waals surface area contributed by atoms with Gasteiger partial charge in [-0.25, -0.2) is 8.42 Å². The molecule has 0 atom stereocenters.